The van der Waals surface area contributed by atoms with Gasteiger partial charge in [0.05, 0.1) is 11.3 Å². The Hall–Kier alpha value is -3.16. The van der Waals surface area contributed by atoms with Gasteiger partial charge in [0, 0.05) is 17.9 Å². The number of aromatic nitrogens is 2. The molecule has 0 radical (unpaired) electrons. The van der Waals surface area contributed by atoms with E-state index in [1.807, 2.05) is 13.0 Å². The van der Waals surface area contributed by atoms with Crippen molar-refractivity contribution in [1.82, 2.24) is 20.4 Å². The highest BCUT2D eigenvalue weighted by Gasteiger charge is 2.23. The largest absolute Gasteiger partial charge is 0.452 e. The third kappa shape index (κ3) is 5.43. The molecule has 1 aromatic heterocycles. The normalized spacial score (nSPS) is 18.7. The van der Waals surface area contributed by atoms with Crippen LogP contribution in [0, 0.1) is 12.8 Å². The van der Waals surface area contributed by atoms with Gasteiger partial charge in [-0.1, -0.05) is 19.8 Å². The molecule has 3 rings (SSSR count). The topological polar surface area (TPSA) is 102 Å². The van der Waals surface area contributed by atoms with Gasteiger partial charge in [-0.15, -0.1) is 0 Å². The zero-order valence-corrected chi connectivity index (χ0v) is 16.7. The van der Waals surface area contributed by atoms with Gasteiger partial charge >= 0.3 is 12.0 Å². The lowest BCUT2D eigenvalue weighted by Crippen LogP contribution is -2.48. The van der Waals surface area contributed by atoms with Gasteiger partial charge in [-0.05, 0) is 56.0 Å². The summed E-state index contributed by atoms with van der Waals surface area (Å²) in [5.74, 6) is -0.913. The number of rotatable bonds is 5. The summed E-state index contributed by atoms with van der Waals surface area (Å²) in [7, 11) is 0. The molecule has 154 valence electrons. The highest BCUT2D eigenvalue weighted by Crippen LogP contribution is 2.23. The Morgan fingerprint density at radius 3 is 2.52 bits per heavy atom. The average molecular weight is 398 g/mol. The Morgan fingerprint density at radius 1 is 1.14 bits per heavy atom. The maximum Gasteiger partial charge on any atom is 0.338 e. The fourth-order valence-electron chi connectivity index (χ4n) is 3.49. The summed E-state index contributed by atoms with van der Waals surface area (Å²) in [4.78, 5) is 36.0. The number of aryl methyl sites for hydroxylation is 1. The van der Waals surface area contributed by atoms with Gasteiger partial charge < -0.3 is 10.1 Å². The first-order valence-corrected chi connectivity index (χ1v) is 9.82. The number of hydrogen-bond acceptors (Lipinski definition) is 5. The third-order valence-electron chi connectivity index (χ3n) is 5.19. The van der Waals surface area contributed by atoms with Crippen LogP contribution in [-0.4, -0.2) is 40.3 Å². The van der Waals surface area contributed by atoms with Crippen molar-refractivity contribution in [2.24, 2.45) is 5.92 Å². The van der Waals surface area contributed by atoms with Crippen molar-refractivity contribution in [3.63, 3.8) is 0 Å². The number of esters is 1. The molecule has 2 aromatic rings. The lowest BCUT2D eigenvalue weighted by Gasteiger charge is -2.29. The zero-order chi connectivity index (χ0) is 20.8. The molecule has 29 heavy (non-hydrogen) atoms. The molecule has 0 bridgehead atoms. The van der Waals surface area contributed by atoms with Crippen LogP contribution >= 0.6 is 0 Å². The Morgan fingerprint density at radius 2 is 1.86 bits per heavy atom. The van der Waals surface area contributed by atoms with Crippen molar-refractivity contribution in [2.75, 3.05) is 6.61 Å². The SMILES string of the molecule is Cc1ccnn1-c1ccc(C(=O)OCC(=O)NC(=O)N[C@@H]2CCCC[C@H]2C)cc1. The zero-order valence-electron chi connectivity index (χ0n) is 16.7. The molecule has 8 nitrogen and oxygen atoms in total. The number of hydrogen-bond donors (Lipinski definition) is 2. The van der Waals surface area contributed by atoms with Crippen LogP contribution in [0.5, 0.6) is 0 Å². The van der Waals surface area contributed by atoms with Crippen molar-refractivity contribution < 1.29 is 19.1 Å². The predicted octanol–water partition coefficient (Wildman–Crippen LogP) is 2.74. The van der Waals surface area contributed by atoms with Crippen LogP contribution in [0.3, 0.4) is 0 Å². The summed E-state index contributed by atoms with van der Waals surface area (Å²) in [5.41, 5.74) is 2.10. The molecule has 0 spiro atoms. The maximum absolute atomic E-state index is 12.1. The maximum atomic E-state index is 12.1. The van der Waals surface area contributed by atoms with Gasteiger partial charge in [-0.3, -0.25) is 10.1 Å². The first-order chi connectivity index (χ1) is 13.9. The molecular weight excluding hydrogens is 372 g/mol. The van der Waals surface area contributed by atoms with Crippen molar-refractivity contribution in [3.8, 4) is 5.69 Å². The van der Waals surface area contributed by atoms with Gasteiger partial charge in [0.1, 0.15) is 0 Å². The van der Waals surface area contributed by atoms with Crippen molar-refractivity contribution in [1.29, 1.82) is 0 Å². The van der Waals surface area contributed by atoms with Gasteiger partial charge in [-0.25, -0.2) is 14.3 Å². The van der Waals surface area contributed by atoms with E-state index in [9.17, 15) is 14.4 Å². The second-order valence-electron chi connectivity index (χ2n) is 7.40. The monoisotopic (exact) mass is 398 g/mol. The number of carbonyl (C=O) groups is 3. The minimum atomic E-state index is -0.664. The van der Waals surface area contributed by atoms with E-state index in [-0.39, 0.29) is 6.04 Å². The van der Waals surface area contributed by atoms with Gasteiger partial charge in [0.15, 0.2) is 6.61 Å². The van der Waals surface area contributed by atoms with Gasteiger partial charge in [-0.2, -0.15) is 5.10 Å². The van der Waals surface area contributed by atoms with Crippen LogP contribution in [-0.2, 0) is 9.53 Å². The van der Waals surface area contributed by atoms with Crippen LogP contribution in [0.15, 0.2) is 36.5 Å². The lowest BCUT2D eigenvalue weighted by atomic mass is 9.86. The second-order valence-corrected chi connectivity index (χ2v) is 7.40. The number of imide groups is 1. The van der Waals surface area contributed by atoms with Gasteiger partial charge in [0.25, 0.3) is 5.91 Å². The summed E-state index contributed by atoms with van der Waals surface area (Å²) in [5, 5.41) is 9.24. The van der Waals surface area contributed by atoms with Crippen LogP contribution in [0.2, 0.25) is 0 Å². The Kier molecular flexibility index (Phi) is 6.64. The molecule has 1 fully saturated rings. The number of amides is 3. The van der Waals surface area contributed by atoms with Crippen LogP contribution in [0.1, 0.15) is 48.7 Å². The van der Waals surface area contributed by atoms with E-state index in [4.69, 9.17) is 4.74 Å². The van der Waals surface area contributed by atoms with Crippen molar-refractivity contribution in [2.45, 2.75) is 45.6 Å². The minimum absolute atomic E-state index is 0.0658. The molecule has 8 heteroatoms. The molecule has 2 N–H and O–H groups in total. The van der Waals surface area contributed by atoms with Crippen molar-refractivity contribution in [3.05, 3.63) is 47.8 Å². The molecule has 0 aliphatic heterocycles. The molecule has 1 saturated carbocycles. The molecule has 0 unspecified atom stereocenters. The highest BCUT2D eigenvalue weighted by atomic mass is 16.5. The molecule has 0 saturated heterocycles. The number of nitrogens with zero attached hydrogens (tertiary/aromatic N) is 2. The Bertz CT molecular complexity index is 875. The highest BCUT2D eigenvalue weighted by molar-refractivity contribution is 5.97. The summed E-state index contributed by atoms with van der Waals surface area (Å²) >= 11 is 0. The van der Waals surface area contributed by atoms with E-state index in [0.717, 1.165) is 30.6 Å². The minimum Gasteiger partial charge on any atom is -0.452 e. The summed E-state index contributed by atoms with van der Waals surface area (Å²) < 4.78 is 6.75. The first-order valence-electron chi connectivity index (χ1n) is 9.82. The number of carbonyl (C=O) groups excluding carboxylic acids is 3. The Labute approximate surface area is 169 Å². The lowest BCUT2D eigenvalue weighted by molar-refractivity contribution is -0.123. The molecule has 2 atom stereocenters. The van der Waals surface area contributed by atoms with E-state index in [1.165, 1.54) is 6.42 Å². The number of urea groups is 1. The van der Waals surface area contributed by atoms with Crippen LogP contribution in [0.25, 0.3) is 5.69 Å². The third-order valence-corrected chi connectivity index (χ3v) is 5.19. The van der Waals surface area contributed by atoms with E-state index >= 15 is 0 Å². The summed E-state index contributed by atoms with van der Waals surface area (Å²) in [6.45, 7) is 3.50. The Balaban J connectivity index is 1.45. The smallest absolute Gasteiger partial charge is 0.338 e. The van der Waals surface area contributed by atoms with E-state index in [2.05, 4.69) is 22.7 Å². The number of nitrogens with one attached hydrogen (secondary N) is 2. The standard InChI is InChI=1S/C21H26N4O4/c1-14-5-3-4-6-18(14)23-21(28)24-19(26)13-29-20(27)16-7-9-17(10-8-16)25-15(2)11-12-22-25/h7-12,14,18H,3-6,13H2,1-2H3,(H2,23,24,26,28)/t14-,18-/m1/s1. The van der Waals surface area contributed by atoms with E-state index in [0.29, 0.717) is 11.5 Å². The summed E-state index contributed by atoms with van der Waals surface area (Å²) in [6, 6.07) is 8.10. The van der Waals surface area contributed by atoms with Gasteiger partial charge in [0.2, 0.25) is 0 Å². The molecular formula is C21H26N4O4. The molecule has 1 aromatic carbocycles. The second kappa shape index (κ2) is 9.36. The number of benzene rings is 1. The molecule has 1 aliphatic rings. The van der Waals surface area contributed by atoms with Crippen LogP contribution in [0.4, 0.5) is 4.79 Å². The quantitative estimate of drug-likeness (QED) is 0.754. The predicted molar refractivity (Wildman–Crippen MR) is 107 cm³/mol. The fraction of sp³-hybridized carbons (Fsp3) is 0.429. The molecule has 1 heterocycles. The first kappa shape index (κ1) is 20.6. The summed E-state index contributed by atoms with van der Waals surface area (Å²) in [6.07, 6.45) is 5.90. The van der Waals surface area contributed by atoms with E-state index in [1.54, 1.807) is 35.1 Å². The average Bonchev–Trinajstić information content (AvgIpc) is 3.14. The number of ether oxygens (including phenoxy) is 1. The molecule has 1 aliphatic carbocycles. The fourth-order valence-corrected chi connectivity index (χ4v) is 3.49. The van der Waals surface area contributed by atoms with E-state index < -0.39 is 24.5 Å². The van der Waals surface area contributed by atoms with Crippen LogP contribution < -0.4 is 10.6 Å². The van der Waals surface area contributed by atoms with Crippen molar-refractivity contribution >= 4 is 17.9 Å². The molecule has 3 amide bonds.